The van der Waals surface area contributed by atoms with Crippen molar-refractivity contribution in [2.75, 3.05) is 33.7 Å². The van der Waals surface area contributed by atoms with E-state index in [9.17, 15) is 9.59 Å². The van der Waals surface area contributed by atoms with E-state index in [1.165, 1.54) is 39.5 Å². The van der Waals surface area contributed by atoms with Gasteiger partial charge in [-0.15, -0.1) is 0 Å². The third kappa shape index (κ3) is 4.20. The molecule has 0 aromatic heterocycles. The van der Waals surface area contributed by atoms with Gasteiger partial charge >= 0.3 is 5.97 Å². The number of anilines is 1. The van der Waals surface area contributed by atoms with Gasteiger partial charge in [0.15, 0.2) is 23.9 Å². The van der Waals surface area contributed by atoms with Crippen molar-refractivity contribution in [2.45, 2.75) is 0 Å². The molecule has 0 aliphatic carbocycles. The first-order valence-corrected chi connectivity index (χ1v) is 7.36. The topological polar surface area (TPSA) is 97.1 Å². The lowest BCUT2D eigenvalue weighted by atomic mass is 10.1. The Morgan fingerprint density at radius 1 is 0.840 bits per heavy atom. The van der Waals surface area contributed by atoms with E-state index in [1.807, 2.05) is 0 Å². The van der Waals surface area contributed by atoms with Crippen LogP contribution in [0, 0.1) is 0 Å². The predicted octanol–water partition coefficient (Wildman–Crippen LogP) is 2.33. The zero-order valence-corrected chi connectivity index (χ0v) is 14.2. The molecule has 7 heteroatoms. The number of hydrogen-bond acceptors (Lipinski definition) is 7. The number of nitrogen functional groups attached to an aromatic ring is 1. The number of nitrogens with two attached hydrogens (primary N) is 1. The molecular weight excluding hydrogens is 326 g/mol. The van der Waals surface area contributed by atoms with Crippen LogP contribution in [-0.4, -0.2) is 39.7 Å². The number of hydrogen-bond donors (Lipinski definition) is 1. The van der Waals surface area contributed by atoms with Crippen molar-refractivity contribution >= 4 is 17.4 Å². The molecule has 0 amide bonds. The lowest BCUT2D eigenvalue weighted by Gasteiger charge is -2.10. The summed E-state index contributed by atoms with van der Waals surface area (Å²) in [5.74, 6) is 0.365. The monoisotopic (exact) mass is 345 g/mol. The third-order valence-electron chi connectivity index (χ3n) is 3.51. The first-order chi connectivity index (χ1) is 12.0. The van der Waals surface area contributed by atoms with Gasteiger partial charge in [-0.25, -0.2) is 4.79 Å². The Hall–Kier alpha value is -3.22. The van der Waals surface area contributed by atoms with Gasteiger partial charge in [-0.1, -0.05) is 0 Å². The summed E-state index contributed by atoms with van der Waals surface area (Å²) < 4.78 is 20.3. The van der Waals surface area contributed by atoms with E-state index in [4.69, 9.17) is 24.7 Å². The molecule has 0 saturated carbocycles. The van der Waals surface area contributed by atoms with Gasteiger partial charge in [0.2, 0.25) is 0 Å². The van der Waals surface area contributed by atoms with Crippen LogP contribution in [0.4, 0.5) is 5.69 Å². The summed E-state index contributed by atoms with van der Waals surface area (Å²) in [6.07, 6.45) is 0. The highest BCUT2D eigenvalue weighted by Crippen LogP contribution is 2.27. The zero-order valence-electron chi connectivity index (χ0n) is 14.2. The maximum absolute atomic E-state index is 12.2. The second-order valence-corrected chi connectivity index (χ2v) is 5.03. The number of carbonyl (C=O) groups is 2. The number of ketones is 1. The summed E-state index contributed by atoms with van der Waals surface area (Å²) in [6, 6.07) is 9.21. The summed E-state index contributed by atoms with van der Waals surface area (Å²) in [5, 5.41) is 0. The molecule has 0 heterocycles. The van der Waals surface area contributed by atoms with Crippen molar-refractivity contribution in [3.8, 4) is 17.2 Å². The van der Waals surface area contributed by atoms with Crippen molar-refractivity contribution < 1.29 is 28.5 Å². The summed E-state index contributed by atoms with van der Waals surface area (Å²) in [4.78, 5) is 24.2. The molecule has 25 heavy (non-hydrogen) atoms. The smallest absolute Gasteiger partial charge is 0.338 e. The highest BCUT2D eigenvalue weighted by Gasteiger charge is 2.15. The van der Waals surface area contributed by atoms with Gasteiger partial charge in [0.1, 0.15) is 5.75 Å². The van der Waals surface area contributed by atoms with Crippen molar-refractivity contribution in [1.29, 1.82) is 0 Å². The summed E-state index contributed by atoms with van der Waals surface area (Å²) in [5.41, 5.74) is 6.64. The number of methoxy groups -OCH3 is 3. The molecule has 2 N–H and O–H groups in total. The standard InChI is InChI=1S/C18H19NO6/c1-22-15-6-5-12(8-13(15)19)18(21)25-10-14(20)11-4-7-16(23-2)17(9-11)24-3/h4-9H,10,19H2,1-3H3. The third-order valence-corrected chi connectivity index (χ3v) is 3.51. The van der Waals surface area contributed by atoms with Crippen LogP contribution in [0.2, 0.25) is 0 Å². The van der Waals surface area contributed by atoms with Crippen molar-refractivity contribution in [1.82, 2.24) is 0 Å². The Morgan fingerprint density at radius 3 is 2.04 bits per heavy atom. The highest BCUT2D eigenvalue weighted by molar-refractivity contribution is 6.00. The SMILES string of the molecule is COc1ccc(C(=O)OCC(=O)c2ccc(OC)c(OC)c2)cc1N. The van der Waals surface area contributed by atoms with E-state index in [0.29, 0.717) is 28.5 Å². The molecule has 2 rings (SSSR count). The quantitative estimate of drug-likeness (QED) is 0.467. The number of rotatable bonds is 7. The van der Waals surface area contributed by atoms with Crippen molar-refractivity contribution in [3.63, 3.8) is 0 Å². The average Bonchev–Trinajstić information content (AvgIpc) is 2.64. The number of Topliss-reactive ketones (excluding diaryl/α,β-unsaturated/α-hetero) is 1. The van der Waals surface area contributed by atoms with E-state index < -0.39 is 12.6 Å². The molecular formula is C18H19NO6. The molecule has 0 bridgehead atoms. The van der Waals surface area contributed by atoms with Crippen LogP contribution in [0.5, 0.6) is 17.2 Å². The number of benzene rings is 2. The Bertz CT molecular complexity index is 787. The van der Waals surface area contributed by atoms with E-state index in [2.05, 4.69) is 0 Å². The lowest BCUT2D eigenvalue weighted by Crippen LogP contribution is -2.14. The highest BCUT2D eigenvalue weighted by atomic mass is 16.5. The number of ether oxygens (including phenoxy) is 4. The van der Waals surface area contributed by atoms with Gasteiger partial charge in [0, 0.05) is 5.56 Å². The van der Waals surface area contributed by atoms with Gasteiger partial charge in [-0.3, -0.25) is 4.79 Å². The summed E-state index contributed by atoms with van der Waals surface area (Å²) in [7, 11) is 4.45. The molecule has 0 unspecified atom stereocenters. The molecule has 2 aromatic carbocycles. The first-order valence-electron chi connectivity index (χ1n) is 7.36. The zero-order chi connectivity index (χ0) is 18.4. The van der Waals surface area contributed by atoms with E-state index in [-0.39, 0.29) is 11.3 Å². The molecule has 2 aromatic rings. The summed E-state index contributed by atoms with van der Waals surface area (Å²) >= 11 is 0. The van der Waals surface area contributed by atoms with Gasteiger partial charge in [-0.2, -0.15) is 0 Å². The molecule has 0 spiro atoms. The second kappa shape index (κ2) is 8.05. The molecule has 7 nitrogen and oxygen atoms in total. The Morgan fingerprint density at radius 2 is 1.44 bits per heavy atom. The van der Waals surface area contributed by atoms with Crippen LogP contribution in [0.3, 0.4) is 0 Å². The van der Waals surface area contributed by atoms with Crippen LogP contribution in [0.15, 0.2) is 36.4 Å². The fourth-order valence-electron chi connectivity index (χ4n) is 2.17. The van der Waals surface area contributed by atoms with Gasteiger partial charge < -0.3 is 24.7 Å². The molecule has 0 aliphatic heterocycles. The molecule has 132 valence electrons. The maximum atomic E-state index is 12.2. The lowest BCUT2D eigenvalue weighted by molar-refractivity contribution is 0.0474. The number of esters is 1. The predicted molar refractivity (Wildman–Crippen MR) is 91.6 cm³/mol. The number of carbonyl (C=O) groups excluding carboxylic acids is 2. The van der Waals surface area contributed by atoms with Crippen molar-refractivity contribution in [2.24, 2.45) is 0 Å². The Labute approximate surface area is 145 Å². The molecule has 0 radical (unpaired) electrons. The fraction of sp³-hybridized carbons (Fsp3) is 0.222. The van der Waals surface area contributed by atoms with Crippen LogP contribution in [0.1, 0.15) is 20.7 Å². The van der Waals surface area contributed by atoms with Crippen LogP contribution >= 0.6 is 0 Å². The molecule has 0 aliphatic rings. The van der Waals surface area contributed by atoms with Crippen molar-refractivity contribution in [3.05, 3.63) is 47.5 Å². The normalized spacial score (nSPS) is 10.0. The van der Waals surface area contributed by atoms with Gasteiger partial charge in [0.05, 0.1) is 32.6 Å². The molecule has 0 fully saturated rings. The first kappa shape index (κ1) is 18.1. The van der Waals surface area contributed by atoms with Gasteiger partial charge in [0.25, 0.3) is 0 Å². The minimum absolute atomic E-state index is 0.235. The Kier molecular flexibility index (Phi) is 5.84. The van der Waals surface area contributed by atoms with Crippen LogP contribution < -0.4 is 19.9 Å². The van der Waals surface area contributed by atoms with Crippen LogP contribution in [0.25, 0.3) is 0 Å². The van der Waals surface area contributed by atoms with E-state index in [1.54, 1.807) is 18.2 Å². The molecule has 0 atom stereocenters. The second-order valence-electron chi connectivity index (χ2n) is 5.03. The Balaban J connectivity index is 2.04. The van der Waals surface area contributed by atoms with Gasteiger partial charge in [-0.05, 0) is 36.4 Å². The summed E-state index contributed by atoms with van der Waals surface area (Å²) in [6.45, 7) is -0.403. The van der Waals surface area contributed by atoms with Crippen LogP contribution in [-0.2, 0) is 4.74 Å². The van der Waals surface area contributed by atoms with E-state index >= 15 is 0 Å². The molecule has 0 saturated heterocycles. The maximum Gasteiger partial charge on any atom is 0.338 e. The minimum atomic E-state index is -0.650. The minimum Gasteiger partial charge on any atom is -0.495 e. The largest absolute Gasteiger partial charge is 0.495 e. The fourth-order valence-corrected chi connectivity index (χ4v) is 2.17. The average molecular weight is 345 g/mol. The van der Waals surface area contributed by atoms with E-state index in [0.717, 1.165) is 0 Å².